The maximum absolute atomic E-state index is 13.1. The van der Waals surface area contributed by atoms with Crippen molar-refractivity contribution in [2.45, 2.75) is 25.5 Å². The second kappa shape index (κ2) is 4.70. The van der Waals surface area contributed by atoms with E-state index in [-0.39, 0.29) is 11.9 Å². The molecule has 23 heavy (non-hydrogen) atoms. The zero-order valence-electron chi connectivity index (χ0n) is 13.1. The van der Waals surface area contributed by atoms with Crippen molar-refractivity contribution in [3.8, 4) is 0 Å². The van der Waals surface area contributed by atoms with E-state index in [1.165, 1.54) is 0 Å². The number of fused-ring (bicyclic) bond motifs is 2. The van der Waals surface area contributed by atoms with E-state index in [2.05, 4.69) is 4.98 Å². The second-order valence-electron chi connectivity index (χ2n) is 6.24. The third-order valence-electron chi connectivity index (χ3n) is 4.58. The second-order valence-corrected chi connectivity index (χ2v) is 6.24. The number of para-hydroxylation sites is 2. The lowest BCUT2D eigenvalue weighted by Crippen LogP contribution is -2.44. The Kier molecular flexibility index (Phi) is 2.87. The smallest absolute Gasteiger partial charge is 0.268 e. The van der Waals surface area contributed by atoms with Crippen molar-refractivity contribution in [1.82, 2.24) is 4.98 Å². The van der Waals surface area contributed by atoms with Gasteiger partial charge in [-0.25, -0.2) is 0 Å². The molecular weight excluding hydrogens is 288 g/mol. The van der Waals surface area contributed by atoms with Crippen molar-refractivity contribution in [1.29, 1.82) is 0 Å². The highest BCUT2D eigenvalue weighted by atomic mass is 16.3. The average Bonchev–Trinajstić information content (AvgIpc) is 3.07. The fourth-order valence-electron chi connectivity index (χ4n) is 3.53. The first kappa shape index (κ1) is 14.0. The zero-order chi connectivity index (χ0) is 16.2. The highest BCUT2D eigenvalue weighted by Crippen LogP contribution is 2.46. The number of nitrogens with one attached hydrogen (secondary N) is 1. The van der Waals surface area contributed by atoms with Gasteiger partial charge in [-0.3, -0.25) is 4.79 Å². The zero-order valence-corrected chi connectivity index (χ0v) is 13.1. The number of rotatable bonds is 2. The Balaban J connectivity index is 2.02. The maximum atomic E-state index is 13.1. The maximum Gasteiger partial charge on any atom is 0.268 e. The van der Waals surface area contributed by atoms with Gasteiger partial charge in [0.05, 0.1) is 5.69 Å². The van der Waals surface area contributed by atoms with Crippen LogP contribution in [0.1, 0.15) is 25.0 Å². The summed E-state index contributed by atoms with van der Waals surface area (Å²) in [6.07, 6.45) is 1.74. The number of aromatic nitrogens is 1. The minimum absolute atomic E-state index is 0.0251. The first-order valence-corrected chi connectivity index (χ1v) is 7.77. The van der Waals surface area contributed by atoms with Crippen LogP contribution in [0.5, 0.6) is 0 Å². The van der Waals surface area contributed by atoms with Crippen molar-refractivity contribution in [2.24, 2.45) is 0 Å². The molecule has 1 aliphatic heterocycles. The Morgan fingerprint density at radius 2 is 1.74 bits per heavy atom. The molecule has 4 heteroatoms. The van der Waals surface area contributed by atoms with E-state index in [0.29, 0.717) is 11.1 Å². The van der Waals surface area contributed by atoms with Gasteiger partial charge in [0, 0.05) is 34.3 Å². The van der Waals surface area contributed by atoms with Crippen LogP contribution >= 0.6 is 0 Å². The number of anilines is 1. The van der Waals surface area contributed by atoms with Gasteiger partial charge in [0.25, 0.3) is 5.91 Å². The monoisotopic (exact) mass is 306 g/mol. The fourth-order valence-corrected chi connectivity index (χ4v) is 3.53. The molecule has 2 heterocycles. The molecule has 0 spiro atoms. The number of hydrogen-bond donors (Lipinski definition) is 2. The van der Waals surface area contributed by atoms with Gasteiger partial charge in [0.1, 0.15) is 0 Å². The van der Waals surface area contributed by atoms with E-state index in [0.717, 1.165) is 16.6 Å². The standard InChI is InChI=1S/C19H18N2O2/c1-12(2)21-17-10-6-4-8-14(17)19(23,18(21)22)15-11-20-16-9-5-3-7-13(15)16/h3-12,20,23H,1-2H3. The van der Waals surface area contributed by atoms with Crippen molar-refractivity contribution < 1.29 is 9.90 Å². The Morgan fingerprint density at radius 3 is 2.52 bits per heavy atom. The highest BCUT2D eigenvalue weighted by Gasteiger charge is 2.52. The largest absolute Gasteiger partial charge is 0.372 e. The van der Waals surface area contributed by atoms with Gasteiger partial charge in [-0.2, -0.15) is 0 Å². The van der Waals surface area contributed by atoms with E-state index in [1.54, 1.807) is 11.1 Å². The van der Waals surface area contributed by atoms with Gasteiger partial charge >= 0.3 is 0 Å². The normalized spacial score (nSPS) is 20.5. The van der Waals surface area contributed by atoms with Gasteiger partial charge < -0.3 is 15.0 Å². The van der Waals surface area contributed by atoms with Crippen LogP contribution < -0.4 is 4.90 Å². The van der Waals surface area contributed by atoms with Crippen LogP contribution in [0, 0.1) is 0 Å². The molecular formula is C19H18N2O2. The van der Waals surface area contributed by atoms with Gasteiger partial charge in [-0.15, -0.1) is 0 Å². The molecule has 1 aromatic heterocycles. The molecule has 0 saturated carbocycles. The third kappa shape index (κ3) is 1.72. The summed E-state index contributed by atoms with van der Waals surface area (Å²) in [4.78, 5) is 18.0. The summed E-state index contributed by atoms with van der Waals surface area (Å²) in [5, 5.41) is 12.3. The van der Waals surface area contributed by atoms with Gasteiger partial charge in [0.15, 0.2) is 5.60 Å². The topological polar surface area (TPSA) is 56.3 Å². The van der Waals surface area contributed by atoms with Gasteiger partial charge in [-0.05, 0) is 26.0 Å². The van der Waals surface area contributed by atoms with Crippen LogP contribution in [0.2, 0.25) is 0 Å². The van der Waals surface area contributed by atoms with Crippen LogP contribution in [0.15, 0.2) is 54.7 Å². The molecule has 116 valence electrons. The minimum Gasteiger partial charge on any atom is -0.372 e. The Hall–Kier alpha value is -2.59. The minimum atomic E-state index is -1.65. The summed E-state index contributed by atoms with van der Waals surface area (Å²) in [6, 6.07) is 15.1. The number of amides is 1. The van der Waals surface area contributed by atoms with Gasteiger partial charge in [0.2, 0.25) is 0 Å². The molecule has 1 atom stereocenters. The predicted octanol–water partition coefficient (Wildman–Crippen LogP) is 3.16. The third-order valence-corrected chi connectivity index (χ3v) is 4.58. The Bertz CT molecular complexity index is 912. The molecule has 1 aliphatic rings. The number of benzene rings is 2. The first-order chi connectivity index (χ1) is 11.0. The van der Waals surface area contributed by atoms with Crippen LogP contribution in [0.3, 0.4) is 0 Å². The number of carbonyl (C=O) groups excluding carboxylic acids is 1. The van der Waals surface area contributed by atoms with Gasteiger partial charge in [-0.1, -0.05) is 36.4 Å². The number of hydrogen-bond acceptors (Lipinski definition) is 2. The molecule has 1 unspecified atom stereocenters. The van der Waals surface area contributed by atoms with Crippen LogP contribution in [0.4, 0.5) is 5.69 Å². The van der Waals surface area contributed by atoms with Crippen LogP contribution in [-0.2, 0) is 10.4 Å². The number of nitrogens with zero attached hydrogens (tertiary/aromatic N) is 1. The fraction of sp³-hybridized carbons (Fsp3) is 0.211. The molecule has 4 nitrogen and oxygen atoms in total. The molecule has 4 rings (SSSR count). The Morgan fingerprint density at radius 1 is 1.04 bits per heavy atom. The summed E-state index contributed by atoms with van der Waals surface area (Å²) in [5.41, 5.74) is 1.28. The summed E-state index contributed by atoms with van der Waals surface area (Å²) < 4.78 is 0. The van der Waals surface area contributed by atoms with Crippen molar-refractivity contribution >= 4 is 22.5 Å². The molecule has 2 N–H and O–H groups in total. The molecule has 0 bridgehead atoms. The molecule has 2 aromatic carbocycles. The lowest BCUT2D eigenvalue weighted by molar-refractivity contribution is -0.132. The molecule has 0 saturated heterocycles. The molecule has 0 radical (unpaired) electrons. The number of carbonyl (C=O) groups is 1. The number of aliphatic hydroxyl groups is 1. The molecule has 0 aliphatic carbocycles. The number of H-pyrrole nitrogens is 1. The van der Waals surface area contributed by atoms with E-state index in [1.807, 2.05) is 62.4 Å². The lowest BCUT2D eigenvalue weighted by atomic mass is 9.87. The summed E-state index contributed by atoms with van der Waals surface area (Å²) in [5.74, 6) is -0.293. The molecule has 1 amide bonds. The molecule has 0 fully saturated rings. The SMILES string of the molecule is CC(C)N1C(=O)C(O)(c2c[nH]c3ccccc23)c2ccccc21. The highest BCUT2D eigenvalue weighted by molar-refractivity contribution is 6.11. The molecule has 3 aromatic rings. The quantitative estimate of drug-likeness (QED) is 0.764. The Labute approximate surface area is 134 Å². The predicted molar refractivity (Wildman–Crippen MR) is 90.4 cm³/mol. The number of aromatic amines is 1. The van der Waals surface area contributed by atoms with E-state index in [4.69, 9.17) is 0 Å². The first-order valence-electron chi connectivity index (χ1n) is 7.77. The van der Waals surface area contributed by atoms with Crippen molar-refractivity contribution in [2.75, 3.05) is 4.90 Å². The van der Waals surface area contributed by atoms with E-state index < -0.39 is 5.60 Å². The van der Waals surface area contributed by atoms with Crippen LogP contribution in [-0.4, -0.2) is 22.0 Å². The van der Waals surface area contributed by atoms with Crippen LogP contribution in [0.25, 0.3) is 10.9 Å². The summed E-state index contributed by atoms with van der Waals surface area (Å²) >= 11 is 0. The van der Waals surface area contributed by atoms with E-state index >= 15 is 0 Å². The summed E-state index contributed by atoms with van der Waals surface area (Å²) in [6.45, 7) is 3.91. The lowest BCUT2D eigenvalue weighted by Gasteiger charge is -2.25. The van der Waals surface area contributed by atoms with E-state index in [9.17, 15) is 9.90 Å². The van der Waals surface area contributed by atoms with Crippen molar-refractivity contribution in [3.63, 3.8) is 0 Å². The average molecular weight is 306 g/mol. The van der Waals surface area contributed by atoms with Crippen molar-refractivity contribution in [3.05, 3.63) is 65.9 Å². The summed E-state index contributed by atoms with van der Waals surface area (Å²) in [7, 11) is 0.